The third-order valence-corrected chi connectivity index (χ3v) is 4.12. The molecule has 0 aromatic heterocycles. The van der Waals surface area contributed by atoms with Gasteiger partial charge in [0.2, 0.25) is 0 Å². The van der Waals surface area contributed by atoms with Crippen LogP contribution in [0.3, 0.4) is 0 Å². The van der Waals surface area contributed by atoms with Gasteiger partial charge in [0.1, 0.15) is 6.61 Å². The van der Waals surface area contributed by atoms with Gasteiger partial charge in [-0.3, -0.25) is 4.90 Å². The molecule has 3 N–H and O–H groups in total. The van der Waals surface area contributed by atoms with Gasteiger partial charge < -0.3 is 15.8 Å². The second kappa shape index (κ2) is 7.11. The number of carbonyl (C=O) groups excluding carboxylic acids is 1. The summed E-state index contributed by atoms with van der Waals surface area (Å²) in [6.45, 7) is 8.54. The van der Waals surface area contributed by atoms with E-state index in [1.165, 1.54) is 0 Å². The highest BCUT2D eigenvalue weighted by Crippen LogP contribution is 2.19. The number of amides is 1. The van der Waals surface area contributed by atoms with E-state index < -0.39 is 6.09 Å². The summed E-state index contributed by atoms with van der Waals surface area (Å²) in [4.78, 5) is 14.3. The Bertz CT molecular complexity index is 484. The highest BCUT2D eigenvalue weighted by atomic mass is 16.5. The van der Waals surface area contributed by atoms with E-state index in [-0.39, 0.29) is 24.2 Å². The van der Waals surface area contributed by atoms with Gasteiger partial charge in [0, 0.05) is 30.7 Å². The van der Waals surface area contributed by atoms with Crippen LogP contribution in [0.5, 0.6) is 0 Å². The Morgan fingerprint density at radius 1 is 1.36 bits per heavy atom. The van der Waals surface area contributed by atoms with Gasteiger partial charge in [-0.25, -0.2) is 4.79 Å². The van der Waals surface area contributed by atoms with Crippen molar-refractivity contribution in [3.8, 4) is 0 Å². The number of benzene rings is 1. The number of alkyl carbamates (subject to hydrolysis) is 1. The Morgan fingerprint density at radius 2 is 2.05 bits per heavy atom. The van der Waals surface area contributed by atoms with E-state index in [0.717, 1.165) is 25.1 Å². The fourth-order valence-corrected chi connectivity index (χ4v) is 2.69. The summed E-state index contributed by atoms with van der Waals surface area (Å²) >= 11 is 0. The Labute approximate surface area is 132 Å². The summed E-state index contributed by atoms with van der Waals surface area (Å²) in [7, 11) is 0. The van der Waals surface area contributed by atoms with Crippen LogP contribution in [0.1, 0.15) is 32.8 Å². The van der Waals surface area contributed by atoms with E-state index >= 15 is 0 Å². The van der Waals surface area contributed by atoms with E-state index in [0.29, 0.717) is 0 Å². The van der Waals surface area contributed by atoms with Crippen LogP contribution in [0.2, 0.25) is 0 Å². The van der Waals surface area contributed by atoms with Crippen molar-refractivity contribution >= 4 is 6.09 Å². The van der Waals surface area contributed by atoms with Crippen LogP contribution >= 0.6 is 0 Å². The number of carbonyl (C=O) groups is 1. The maximum atomic E-state index is 11.9. The summed E-state index contributed by atoms with van der Waals surface area (Å²) in [6.07, 6.45) is 0.451. The Kier molecular flexibility index (Phi) is 5.42. The topological polar surface area (TPSA) is 67.6 Å². The number of likely N-dealkylation sites (tertiary alicyclic amines) is 1. The van der Waals surface area contributed by atoms with Crippen LogP contribution in [0.4, 0.5) is 4.79 Å². The molecule has 1 aromatic carbocycles. The van der Waals surface area contributed by atoms with Gasteiger partial charge in [-0.1, -0.05) is 30.3 Å². The van der Waals surface area contributed by atoms with E-state index in [2.05, 4.69) is 31.0 Å². The quantitative estimate of drug-likeness (QED) is 0.897. The monoisotopic (exact) mass is 305 g/mol. The highest BCUT2D eigenvalue weighted by molar-refractivity contribution is 5.67. The molecule has 0 saturated carbocycles. The number of hydrogen-bond donors (Lipinski definition) is 2. The molecule has 1 fully saturated rings. The van der Waals surface area contributed by atoms with Crippen LogP contribution in [0.25, 0.3) is 0 Å². The molecule has 1 heterocycles. The fourth-order valence-electron chi connectivity index (χ4n) is 2.69. The normalized spacial score (nSPS) is 23.1. The zero-order valence-electron chi connectivity index (χ0n) is 13.7. The molecule has 0 radical (unpaired) electrons. The maximum absolute atomic E-state index is 11.9. The van der Waals surface area contributed by atoms with Crippen molar-refractivity contribution in [2.24, 2.45) is 5.73 Å². The van der Waals surface area contributed by atoms with Gasteiger partial charge in [-0.05, 0) is 32.8 Å². The van der Waals surface area contributed by atoms with Crippen molar-refractivity contribution < 1.29 is 9.53 Å². The molecule has 5 heteroatoms. The Hall–Kier alpha value is -1.59. The first kappa shape index (κ1) is 16.8. The molecule has 1 aliphatic rings. The molecule has 2 atom stereocenters. The molecular weight excluding hydrogens is 278 g/mol. The molecule has 1 amide bonds. The van der Waals surface area contributed by atoms with Gasteiger partial charge >= 0.3 is 6.09 Å². The molecule has 2 rings (SSSR count). The first-order chi connectivity index (χ1) is 10.4. The van der Waals surface area contributed by atoms with Gasteiger partial charge in [0.25, 0.3) is 0 Å². The summed E-state index contributed by atoms with van der Waals surface area (Å²) in [5.74, 6) is 0. The minimum Gasteiger partial charge on any atom is -0.445 e. The first-order valence-electron chi connectivity index (χ1n) is 7.84. The molecule has 0 unspecified atom stereocenters. The predicted octanol–water partition coefficient (Wildman–Crippen LogP) is 2.11. The first-order valence-corrected chi connectivity index (χ1v) is 7.84. The molecule has 0 aliphatic carbocycles. The number of hydrogen-bond acceptors (Lipinski definition) is 4. The second-order valence-corrected chi connectivity index (χ2v) is 6.88. The minimum absolute atomic E-state index is 0.0260. The van der Waals surface area contributed by atoms with Crippen LogP contribution in [-0.2, 0) is 11.3 Å². The number of nitrogens with zero attached hydrogens (tertiary/aromatic N) is 1. The zero-order chi connectivity index (χ0) is 16.2. The standard InChI is InChI=1S/C17H27N3O2/c1-17(2,3)20-10-9-15(14(18)11-20)19-16(21)22-12-13-7-5-4-6-8-13/h4-8,14-15H,9-12,18H2,1-3H3,(H,19,21)/t14-,15+/m1/s1. The van der Waals surface area contributed by atoms with Crippen molar-refractivity contribution in [3.63, 3.8) is 0 Å². The Morgan fingerprint density at radius 3 is 2.64 bits per heavy atom. The third-order valence-electron chi connectivity index (χ3n) is 4.12. The molecule has 0 bridgehead atoms. The summed E-state index contributed by atoms with van der Waals surface area (Å²) in [5.41, 5.74) is 7.29. The lowest BCUT2D eigenvalue weighted by molar-refractivity contribution is 0.0780. The Balaban J connectivity index is 1.78. The van der Waals surface area contributed by atoms with Gasteiger partial charge in [0.05, 0.1) is 0 Å². The van der Waals surface area contributed by atoms with Crippen molar-refractivity contribution in [3.05, 3.63) is 35.9 Å². The van der Waals surface area contributed by atoms with Crippen molar-refractivity contribution in [2.75, 3.05) is 13.1 Å². The third kappa shape index (κ3) is 4.71. The van der Waals surface area contributed by atoms with Crippen molar-refractivity contribution in [1.29, 1.82) is 0 Å². The number of piperidine rings is 1. The minimum atomic E-state index is -0.395. The lowest BCUT2D eigenvalue weighted by atomic mass is 9.95. The molecule has 0 spiro atoms. The predicted molar refractivity (Wildman–Crippen MR) is 87.5 cm³/mol. The molecule has 22 heavy (non-hydrogen) atoms. The SMILES string of the molecule is CC(C)(C)N1CC[C@H](NC(=O)OCc2ccccc2)[C@H](N)C1. The van der Waals surface area contributed by atoms with Crippen LogP contribution in [0, 0.1) is 0 Å². The molecule has 1 saturated heterocycles. The number of rotatable bonds is 3. The molecule has 5 nitrogen and oxygen atoms in total. The zero-order valence-corrected chi connectivity index (χ0v) is 13.7. The van der Waals surface area contributed by atoms with Gasteiger partial charge in [-0.2, -0.15) is 0 Å². The van der Waals surface area contributed by atoms with Crippen molar-refractivity contribution in [2.45, 2.75) is 51.4 Å². The van der Waals surface area contributed by atoms with Gasteiger partial charge in [-0.15, -0.1) is 0 Å². The van der Waals surface area contributed by atoms with Crippen molar-refractivity contribution in [1.82, 2.24) is 10.2 Å². The lowest BCUT2D eigenvalue weighted by Crippen LogP contribution is -2.61. The summed E-state index contributed by atoms with van der Waals surface area (Å²) < 4.78 is 5.25. The average molecular weight is 305 g/mol. The number of ether oxygens (including phenoxy) is 1. The van der Waals surface area contributed by atoms with E-state index in [1.54, 1.807) is 0 Å². The second-order valence-electron chi connectivity index (χ2n) is 6.88. The smallest absolute Gasteiger partial charge is 0.407 e. The molecular formula is C17H27N3O2. The maximum Gasteiger partial charge on any atom is 0.407 e. The van der Waals surface area contributed by atoms with Crippen LogP contribution < -0.4 is 11.1 Å². The number of nitrogens with two attached hydrogens (primary N) is 1. The lowest BCUT2D eigenvalue weighted by Gasteiger charge is -2.43. The van der Waals surface area contributed by atoms with E-state index in [4.69, 9.17) is 10.5 Å². The fraction of sp³-hybridized carbons (Fsp3) is 0.588. The van der Waals surface area contributed by atoms with E-state index in [9.17, 15) is 4.79 Å². The summed E-state index contributed by atoms with van der Waals surface area (Å²) in [6, 6.07) is 9.55. The molecule has 122 valence electrons. The van der Waals surface area contributed by atoms with E-state index in [1.807, 2.05) is 30.3 Å². The molecule has 1 aliphatic heterocycles. The average Bonchev–Trinajstić information content (AvgIpc) is 2.47. The highest BCUT2D eigenvalue weighted by Gasteiger charge is 2.32. The van der Waals surface area contributed by atoms with Gasteiger partial charge in [0.15, 0.2) is 0 Å². The largest absolute Gasteiger partial charge is 0.445 e. The summed E-state index contributed by atoms with van der Waals surface area (Å²) in [5, 5.41) is 2.90. The number of nitrogens with one attached hydrogen (secondary N) is 1. The van der Waals surface area contributed by atoms with Crippen LogP contribution in [-0.4, -0.2) is 41.7 Å². The van der Waals surface area contributed by atoms with Crippen LogP contribution in [0.15, 0.2) is 30.3 Å². The molecule has 1 aromatic rings.